The van der Waals surface area contributed by atoms with Gasteiger partial charge in [-0.25, -0.2) is 0 Å². The van der Waals surface area contributed by atoms with Crippen LogP contribution in [0.4, 0.5) is 10.8 Å². The Labute approximate surface area is 117 Å². The number of nitrogens with two attached hydrogens (primary N) is 1. The molecule has 2 aliphatic heterocycles. The van der Waals surface area contributed by atoms with Crippen LogP contribution in [0.2, 0.25) is 0 Å². The molecule has 2 bridgehead atoms. The molecule has 2 unspecified atom stereocenters. The van der Waals surface area contributed by atoms with E-state index in [4.69, 9.17) is 11.0 Å². The lowest BCUT2D eigenvalue weighted by atomic mass is 9.82. The summed E-state index contributed by atoms with van der Waals surface area (Å²) in [6, 6.07) is 3.95. The van der Waals surface area contributed by atoms with E-state index in [2.05, 4.69) is 27.7 Å². The molecule has 0 radical (unpaired) electrons. The Morgan fingerprint density at radius 3 is 2.74 bits per heavy atom. The Hall–Kier alpha value is -1.32. The lowest BCUT2D eigenvalue weighted by molar-refractivity contribution is 0.0609. The Balaban J connectivity index is 1.73. The van der Waals surface area contributed by atoms with E-state index in [-0.39, 0.29) is 0 Å². The molecule has 2 saturated heterocycles. The predicted molar refractivity (Wildman–Crippen MR) is 77.1 cm³/mol. The van der Waals surface area contributed by atoms with E-state index in [1.807, 2.05) is 0 Å². The molecule has 0 spiro atoms. The van der Waals surface area contributed by atoms with Crippen LogP contribution in [-0.4, -0.2) is 34.4 Å². The third-order valence-corrected chi connectivity index (χ3v) is 5.30. The molecule has 0 amide bonds. The highest BCUT2D eigenvalue weighted by Crippen LogP contribution is 2.35. The third kappa shape index (κ3) is 2.28. The van der Waals surface area contributed by atoms with Gasteiger partial charge in [0.1, 0.15) is 16.6 Å². The van der Waals surface area contributed by atoms with Crippen LogP contribution in [0, 0.1) is 11.3 Å². The molecule has 1 aromatic heterocycles. The summed E-state index contributed by atoms with van der Waals surface area (Å²) in [5.74, 6) is 0.350. The molecule has 0 aliphatic carbocycles. The van der Waals surface area contributed by atoms with Crippen molar-refractivity contribution in [1.29, 1.82) is 5.26 Å². The lowest BCUT2D eigenvalue weighted by Crippen LogP contribution is -2.52. The average Bonchev–Trinajstić information content (AvgIpc) is 2.71. The molecule has 19 heavy (non-hydrogen) atoms. The number of aromatic nitrogens is 1. The van der Waals surface area contributed by atoms with E-state index >= 15 is 0 Å². The molecule has 6 heteroatoms. The Morgan fingerprint density at radius 1 is 1.42 bits per heavy atom. The quantitative estimate of drug-likeness (QED) is 0.864. The van der Waals surface area contributed by atoms with Crippen molar-refractivity contribution in [2.45, 2.75) is 50.2 Å². The van der Waals surface area contributed by atoms with Crippen LogP contribution in [0.15, 0.2) is 0 Å². The molecule has 2 aliphatic rings. The molecule has 102 valence electrons. The monoisotopic (exact) mass is 277 g/mol. The summed E-state index contributed by atoms with van der Waals surface area (Å²) in [7, 11) is 2.25. The van der Waals surface area contributed by atoms with Crippen molar-refractivity contribution in [3.8, 4) is 6.07 Å². The van der Waals surface area contributed by atoms with Gasteiger partial charge in [0.05, 0.1) is 0 Å². The van der Waals surface area contributed by atoms with Crippen LogP contribution in [0.1, 0.15) is 37.7 Å². The largest absolute Gasteiger partial charge is 0.382 e. The number of nitriles is 1. The minimum absolute atomic E-state index is 0.350. The highest BCUT2D eigenvalue weighted by Gasteiger charge is 2.36. The average molecular weight is 277 g/mol. The topological polar surface area (TPSA) is 78.0 Å². The first-order chi connectivity index (χ1) is 9.19. The van der Waals surface area contributed by atoms with Gasteiger partial charge in [-0.2, -0.15) is 9.64 Å². The van der Waals surface area contributed by atoms with E-state index in [1.54, 1.807) is 0 Å². The zero-order chi connectivity index (χ0) is 13.4. The summed E-state index contributed by atoms with van der Waals surface area (Å²) >= 11 is 1.30. The summed E-state index contributed by atoms with van der Waals surface area (Å²) in [4.78, 5) is 2.54. The molecule has 3 N–H and O–H groups in total. The molecule has 1 aromatic rings. The van der Waals surface area contributed by atoms with Crippen LogP contribution in [0.3, 0.4) is 0 Å². The van der Waals surface area contributed by atoms with Crippen LogP contribution in [0.25, 0.3) is 0 Å². The van der Waals surface area contributed by atoms with Crippen molar-refractivity contribution in [1.82, 2.24) is 9.27 Å². The normalized spacial score (nSPS) is 30.8. The molecule has 3 heterocycles. The van der Waals surface area contributed by atoms with Crippen molar-refractivity contribution < 1.29 is 0 Å². The van der Waals surface area contributed by atoms with Crippen molar-refractivity contribution >= 4 is 22.4 Å². The molecule has 2 fully saturated rings. The minimum atomic E-state index is 0.350. The summed E-state index contributed by atoms with van der Waals surface area (Å²) in [6.07, 6.45) is 6.23. The first-order valence-electron chi connectivity index (χ1n) is 6.82. The standard InChI is InChI=1S/C13H19N5S/c1-18-9-3-2-4-10(18)6-8(5-9)16-13-11(7-14)12(15)17-19-13/h8-10,16H,2-6H2,1H3,(H2,15,17). The highest BCUT2D eigenvalue weighted by atomic mass is 32.1. The Kier molecular flexibility index (Phi) is 3.33. The van der Waals surface area contributed by atoms with E-state index < -0.39 is 0 Å². The fraction of sp³-hybridized carbons (Fsp3) is 0.692. The fourth-order valence-corrected chi connectivity index (χ4v) is 4.17. The maximum Gasteiger partial charge on any atom is 0.157 e. The van der Waals surface area contributed by atoms with Gasteiger partial charge in [0.2, 0.25) is 0 Å². The maximum atomic E-state index is 9.11. The van der Waals surface area contributed by atoms with Gasteiger partial charge in [-0.3, -0.25) is 0 Å². The van der Waals surface area contributed by atoms with Gasteiger partial charge in [-0.1, -0.05) is 6.42 Å². The van der Waals surface area contributed by atoms with Crippen LogP contribution >= 0.6 is 11.5 Å². The molecule has 0 aromatic carbocycles. The highest BCUT2D eigenvalue weighted by molar-refractivity contribution is 7.10. The Bertz CT molecular complexity index is 492. The van der Waals surface area contributed by atoms with Gasteiger partial charge in [0.15, 0.2) is 5.82 Å². The van der Waals surface area contributed by atoms with Crippen molar-refractivity contribution in [3.63, 3.8) is 0 Å². The van der Waals surface area contributed by atoms with E-state index in [0.717, 1.165) is 17.8 Å². The summed E-state index contributed by atoms with van der Waals surface area (Å²) in [5, 5.41) is 13.4. The number of anilines is 2. The van der Waals surface area contributed by atoms with Gasteiger partial charge < -0.3 is 16.0 Å². The summed E-state index contributed by atoms with van der Waals surface area (Å²) < 4.78 is 4.06. The fourth-order valence-electron chi connectivity index (χ4n) is 3.43. The lowest BCUT2D eigenvalue weighted by Gasteiger charge is -2.47. The minimum Gasteiger partial charge on any atom is -0.382 e. The molecular weight excluding hydrogens is 258 g/mol. The van der Waals surface area contributed by atoms with Crippen LogP contribution < -0.4 is 11.1 Å². The number of nitrogen functional groups attached to an aromatic ring is 1. The second-order valence-corrected chi connectivity index (χ2v) is 6.37. The number of nitrogens with zero attached hydrogens (tertiary/aromatic N) is 3. The number of hydrogen-bond donors (Lipinski definition) is 2. The van der Waals surface area contributed by atoms with Crippen LogP contribution in [0.5, 0.6) is 0 Å². The van der Waals surface area contributed by atoms with Gasteiger partial charge in [0.25, 0.3) is 0 Å². The van der Waals surface area contributed by atoms with Gasteiger partial charge in [-0.05, 0) is 44.3 Å². The number of rotatable bonds is 2. The second kappa shape index (κ2) is 4.99. The first kappa shape index (κ1) is 12.7. The first-order valence-corrected chi connectivity index (χ1v) is 7.60. The zero-order valence-electron chi connectivity index (χ0n) is 11.1. The smallest absolute Gasteiger partial charge is 0.157 e. The second-order valence-electron chi connectivity index (χ2n) is 5.60. The van der Waals surface area contributed by atoms with Crippen molar-refractivity contribution in [3.05, 3.63) is 5.56 Å². The predicted octanol–water partition coefficient (Wildman–Crippen LogP) is 2.02. The maximum absolute atomic E-state index is 9.11. The molecule has 0 saturated carbocycles. The van der Waals surface area contributed by atoms with Gasteiger partial charge in [0, 0.05) is 18.1 Å². The van der Waals surface area contributed by atoms with E-state index in [9.17, 15) is 0 Å². The number of fused-ring (bicyclic) bond motifs is 2. The number of hydrogen-bond acceptors (Lipinski definition) is 6. The third-order valence-electron chi connectivity index (χ3n) is 4.51. The molecule has 3 rings (SSSR count). The number of nitrogens with one attached hydrogen (secondary N) is 1. The van der Waals surface area contributed by atoms with Crippen molar-refractivity contribution in [2.75, 3.05) is 18.1 Å². The van der Waals surface area contributed by atoms with Crippen LogP contribution in [-0.2, 0) is 0 Å². The summed E-state index contributed by atoms with van der Waals surface area (Å²) in [5.41, 5.74) is 6.21. The van der Waals surface area contributed by atoms with E-state index in [1.165, 1.54) is 30.8 Å². The summed E-state index contributed by atoms with van der Waals surface area (Å²) in [6.45, 7) is 0. The van der Waals surface area contributed by atoms with Gasteiger partial charge >= 0.3 is 0 Å². The SMILES string of the molecule is CN1C2CCCC1CC(Nc1snc(N)c1C#N)C2. The molecule has 5 nitrogen and oxygen atoms in total. The molecular formula is C13H19N5S. The zero-order valence-corrected chi connectivity index (χ0v) is 11.9. The van der Waals surface area contributed by atoms with E-state index in [0.29, 0.717) is 29.5 Å². The van der Waals surface area contributed by atoms with Crippen molar-refractivity contribution in [2.24, 2.45) is 0 Å². The Morgan fingerprint density at radius 2 is 2.11 bits per heavy atom. The number of piperidine rings is 2. The van der Waals surface area contributed by atoms with Gasteiger partial charge in [-0.15, -0.1) is 0 Å². The molecule has 2 atom stereocenters.